The molecule has 1 saturated heterocycles. The fraction of sp³-hybridized carbons (Fsp3) is 0.500. The summed E-state index contributed by atoms with van der Waals surface area (Å²) in [5.74, 6) is 0.935. The standard InChI is InChI=1S/C18H21N3O4/c1-11-19-17(25-20-11)15-9-13(23-2)10-21(15)18(22)16-14-6-4-3-5-12(14)7-8-24-16/h3-6,13,15-16H,7-10H2,1-2H3/t13-,15-,16+/m1/s1. The van der Waals surface area contributed by atoms with Crippen LogP contribution in [0.5, 0.6) is 0 Å². The number of ether oxygens (including phenoxy) is 2. The van der Waals surface area contributed by atoms with Crippen molar-refractivity contribution in [2.24, 2.45) is 0 Å². The fourth-order valence-corrected chi connectivity index (χ4v) is 3.64. The van der Waals surface area contributed by atoms with E-state index in [0.29, 0.717) is 31.3 Å². The van der Waals surface area contributed by atoms with E-state index in [1.807, 2.05) is 18.2 Å². The van der Waals surface area contributed by atoms with Gasteiger partial charge in [0.15, 0.2) is 11.9 Å². The lowest BCUT2D eigenvalue weighted by molar-refractivity contribution is -0.147. The van der Waals surface area contributed by atoms with Gasteiger partial charge in [0.05, 0.1) is 12.7 Å². The average Bonchev–Trinajstić information content (AvgIpc) is 3.26. The van der Waals surface area contributed by atoms with Gasteiger partial charge in [-0.25, -0.2) is 0 Å². The largest absolute Gasteiger partial charge is 0.380 e. The number of nitrogens with zero attached hydrogens (tertiary/aromatic N) is 3. The van der Waals surface area contributed by atoms with Gasteiger partial charge in [0.25, 0.3) is 5.91 Å². The van der Waals surface area contributed by atoms with E-state index >= 15 is 0 Å². The number of methoxy groups -OCH3 is 1. The van der Waals surface area contributed by atoms with E-state index in [1.54, 1.807) is 18.9 Å². The number of aromatic nitrogens is 2. The maximum Gasteiger partial charge on any atom is 0.257 e. The molecule has 132 valence electrons. The number of benzene rings is 1. The van der Waals surface area contributed by atoms with Gasteiger partial charge in [0.1, 0.15) is 6.04 Å². The summed E-state index contributed by atoms with van der Waals surface area (Å²) in [6.45, 7) is 2.80. The van der Waals surface area contributed by atoms with Crippen LogP contribution in [0.1, 0.15) is 41.4 Å². The van der Waals surface area contributed by atoms with Gasteiger partial charge in [-0.05, 0) is 24.5 Å². The Morgan fingerprint density at radius 3 is 2.96 bits per heavy atom. The Kier molecular flexibility index (Phi) is 4.27. The molecule has 0 spiro atoms. The molecule has 25 heavy (non-hydrogen) atoms. The van der Waals surface area contributed by atoms with E-state index in [2.05, 4.69) is 16.2 Å². The van der Waals surface area contributed by atoms with E-state index < -0.39 is 6.10 Å². The van der Waals surface area contributed by atoms with Crippen LogP contribution in [-0.2, 0) is 20.7 Å². The van der Waals surface area contributed by atoms with Crippen LogP contribution in [0.2, 0.25) is 0 Å². The van der Waals surface area contributed by atoms with Crippen molar-refractivity contribution in [1.82, 2.24) is 15.0 Å². The van der Waals surface area contributed by atoms with Crippen LogP contribution < -0.4 is 0 Å². The third kappa shape index (κ3) is 2.94. The van der Waals surface area contributed by atoms with Gasteiger partial charge in [0, 0.05) is 20.1 Å². The highest BCUT2D eigenvalue weighted by Gasteiger charge is 2.43. The van der Waals surface area contributed by atoms with Crippen molar-refractivity contribution in [2.75, 3.05) is 20.3 Å². The minimum absolute atomic E-state index is 0.0556. The zero-order chi connectivity index (χ0) is 17.4. The van der Waals surface area contributed by atoms with Gasteiger partial charge in [-0.1, -0.05) is 29.4 Å². The molecule has 1 aromatic carbocycles. The molecule has 0 saturated carbocycles. The van der Waals surface area contributed by atoms with E-state index in [9.17, 15) is 4.79 Å². The Balaban J connectivity index is 1.64. The number of amides is 1. The Morgan fingerprint density at radius 2 is 2.20 bits per heavy atom. The Bertz CT molecular complexity index is 775. The lowest BCUT2D eigenvalue weighted by atomic mass is 9.96. The van der Waals surface area contributed by atoms with Gasteiger partial charge < -0.3 is 18.9 Å². The maximum atomic E-state index is 13.3. The zero-order valence-corrected chi connectivity index (χ0v) is 14.3. The molecule has 2 aromatic rings. The second-order valence-electron chi connectivity index (χ2n) is 6.48. The maximum absolute atomic E-state index is 13.3. The molecule has 7 heteroatoms. The lowest BCUT2D eigenvalue weighted by Crippen LogP contribution is -2.38. The summed E-state index contributed by atoms with van der Waals surface area (Å²) >= 11 is 0. The number of aryl methyl sites for hydroxylation is 1. The number of carbonyl (C=O) groups excluding carboxylic acids is 1. The summed E-state index contributed by atoms with van der Waals surface area (Å²) in [5.41, 5.74) is 2.11. The summed E-state index contributed by atoms with van der Waals surface area (Å²) in [6, 6.07) is 7.67. The monoisotopic (exact) mass is 343 g/mol. The topological polar surface area (TPSA) is 77.7 Å². The van der Waals surface area contributed by atoms with E-state index in [4.69, 9.17) is 14.0 Å². The van der Waals surface area contributed by atoms with Crippen molar-refractivity contribution in [1.29, 1.82) is 0 Å². The quantitative estimate of drug-likeness (QED) is 0.848. The van der Waals surface area contributed by atoms with Gasteiger partial charge in [0.2, 0.25) is 5.89 Å². The molecule has 4 rings (SSSR count). The number of fused-ring (bicyclic) bond motifs is 1. The number of hydrogen-bond donors (Lipinski definition) is 0. The van der Waals surface area contributed by atoms with E-state index in [0.717, 1.165) is 12.0 Å². The first-order valence-electron chi connectivity index (χ1n) is 8.50. The molecule has 3 atom stereocenters. The highest BCUT2D eigenvalue weighted by molar-refractivity contribution is 5.83. The van der Waals surface area contributed by atoms with Crippen LogP contribution in [0.3, 0.4) is 0 Å². The summed E-state index contributed by atoms with van der Waals surface area (Å²) in [5, 5.41) is 3.86. The van der Waals surface area contributed by atoms with Crippen molar-refractivity contribution in [2.45, 2.75) is 38.0 Å². The number of rotatable bonds is 3. The summed E-state index contributed by atoms with van der Waals surface area (Å²) in [4.78, 5) is 19.3. The Hall–Kier alpha value is -2.25. The molecule has 0 unspecified atom stereocenters. The molecule has 0 bridgehead atoms. The number of hydrogen-bond acceptors (Lipinski definition) is 6. The minimum Gasteiger partial charge on any atom is -0.380 e. The molecule has 7 nitrogen and oxygen atoms in total. The Labute approximate surface area is 145 Å². The lowest BCUT2D eigenvalue weighted by Gasteiger charge is -2.30. The third-order valence-electron chi connectivity index (χ3n) is 4.93. The van der Waals surface area contributed by atoms with Crippen LogP contribution in [0, 0.1) is 6.92 Å². The molecule has 2 aliphatic heterocycles. The zero-order valence-electron chi connectivity index (χ0n) is 14.3. The average molecular weight is 343 g/mol. The summed E-state index contributed by atoms with van der Waals surface area (Å²) in [6.07, 6.45) is 0.817. The molecular weight excluding hydrogens is 322 g/mol. The SMILES string of the molecule is CO[C@@H]1C[C@H](c2nc(C)no2)N(C(=O)[C@H]2OCCc3ccccc32)C1. The molecular formula is C18H21N3O4. The second-order valence-corrected chi connectivity index (χ2v) is 6.48. The number of likely N-dealkylation sites (tertiary alicyclic amines) is 1. The highest BCUT2D eigenvalue weighted by atomic mass is 16.5. The van der Waals surface area contributed by atoms with Crippen LogP contribution >= 0.6 is 0 Å². The second kappa shape index (κ2) is 6.57. The van der Waals surface area contributed by atoms with Gasteiger partial charge in [-0.2, -0.15) is 4.98 Å². The smallest absolute Gasteiger partial charge is 0.257 e. The van der Waals surface area contributed by atoms with E-state index in [-0.39, 0.29) is 18.1 Å². The highest BCUT2D eigenvalue weighted by Crippen LogP contribution is 2.37. The minimum atomic E-state index is -0.591. The van der Waals surface area contributed by atoms with Crippen molar-refractivity contribution in [3.8, 4) is 0 Å². The molecule has 3 heterocycles. The van der Waals surface area contributed by atoms with Crippen LogP contribution in [0.25, 0.3) is 0 Å². The molecule has 0 aliphatic carbocycles. The van der Waals surface area contributed by atoms with Crippen LogP contribution in [0.15, 0.2) is 28.8 Å². The summed E-state index contributed by atoms with van der Waals surface area (Å²) in [7, 11) is 1.65. The van der Waals surface area contributed by atoms with Gasteiger partial charge in [-0.15, -0.1) is 0 Å². The molecule has 1 aromatic heterocycles. The fourth-order valence-electron chi connectivity index (χ4n) is 3.64. The Morgan fingerprint density at radius 1 is 1.36 bits per heavy atom. The predicted octanol–water partition coefficient (Wildman–Crippen LogP) is 1.98. The van der Waals surface area contributed by atoms with Crippen LogP contribution in [0.4, 0.5) is 0 Å². The van der Waals surface area contributed by atoms with Crippen molar-refractivity contribution in [3.05, 3.63) is 47.1 Å². The number of carbonyl (C=O) groups is 1. The normalized spacial score (nSPS) is 25.8. The van der Waals surface area contributed by atoms with Gasteiger partial charge >= 0.3 is 0 Å². The van der Waals surface area contributed by atoms with Crippen molar-refractivity contribution < 1.29 is 18.8 Å². The predicted molar refractivity (Wildman–Crippen MR) is 87.7 cm³/mol. The first-order valence-corrected chi connectivity index (χ1v) is 8.50. The van der Waals surface area contributed by atoms with Crippen molar-refractivity contribution in [3.63, 3.8) is 0 Å². The molecule has 1 amide bonds. The molecule has 0 N–H and O–H groups in total. The van der Waals surface area contributed by atoms with Crippen LogP contribution in [-0.4, -0.2) is 47.3 Å². The van der Waals surface area contributed by atoms with E-state index in [1.165, 1.54) is 5.56 Å². The molecule has 2 aliphatic rings. The molecule has 0 radical (unpaired) electrons. The molecule has 1 fully saturated rings. The summed E-state index contributed by atoms with van der Waals surface area (Å²) < 4.78 is 16.6. The van der Waals surface area contributed by atoms with Gasteiger partial charge in [-0.3, -0.25) is 4.79 Å². The first-order chi connectivity index (χ1) is 12.2. The first kappa shape index (κ1) is 16.2. The van der Waals surface area contributed by atoms with Crippen molar-refractivity contribution >= 4 is 5.91 Å². The third-order valence-corrected chi connectivity index (χ3v) is 4.93.